The van der Waals surface area contributed by atoms with Gasteiger partial charge in [-0.2, -0.15) is 0 Å². The summed E-state index contributed by atoms with van der Waals surface area (Å²) in [5.74, 6) is -0.132. The molecule has 1 N–H and O–H groups in total. The van der Waals surface area contributed by atoms with Gasteiger partial charge in [-0.25, -0.2) is 0 Å². The molecule has 1 aliphatic rings. The highest BCUT2D eigenvalue weighted by Crippen LogP contribution is 2.47. The number of alkyl halides is 2. The first-order valence-electron chi connectivity index (χ1n) is 4.66. The normalized spacial score (nSPS) is 21.7. The van der Waals surface area contributed by atoms with Gasteiger partial charge in [-0.15, -0.1) is 0 Å². The van der Waals surface area contributed by atoms with Crippen molar-refractivity contribution in [2.75, 3.05) is 0 Å². The van der Waals surface area contributed by atoms with Crippen LogP contribution in [0.2, 0.25) is 0 Å². The third kappa shape index (κ3) is 1.44. The van der Waals surface area contributed by atoms with E-state index >= 15 is 0 Å². The highest BCUT2D eigenvalue weighted by molar-refractivity contribution is 6.49. The Morgan fingerprint density at radius 1 is 1.20 bits per heavy atom. The van der Waals surface area contributed by atoms with Gasteiger partial charge in [0.25, 0.3) is 5.91 Å². The topological polar surface area (TPSA) is 29.1 Å². The summed E-state index contributed by atoms with van der Waals surface area (Å²) in [6, 6.07) is 7.13. The Morgan fingerprint density at radius 3 is 2.47 bits per heavy atom. The van der Waals surface area contributed by atoms with Gasteiger partial charge in [-0.05, 0) is 19.9 Å². The second kappa shape index (κ2) is 3.13. The SMILES string of the molecule is CC1(C)NC(=O)c2ccccc2C1(Cl)Cl. The molecular formula is C11H11Cl2NO. The number of amides is 1. The van der Waals surface area contributed by atoms with E-state index in [4.69, 9.17) is 23.2 Å². The number of rotatable bonds is 0. The maximum Gasteiger partial charge on any atom is 0.252 e. The van der Waals surface area contributed by atoms with Crippen LogP contribution in [0.1, 0.15) is 29.8 Å². The largest absolute Gasteiger partial charge is 0.344 e. The molecule has 0 aliphatic carbocycles. The van der Waals surface area contributed by atoms with Crippen LogP contribution in [0.4, 0.5) is 0 Å². The van der Waals surface area contributed by atoms with Gasteiger partial charge in [0, 0.05) is 11.1 Å². The molecule has 4 heteroatoms. The Kier molecular flexibility index (Phi) is 2.25. The van der Waals surface area contributed by atoms with Gasteiger partial charge in [-0.3, -0.25) is 4.79 Å². The zero-order valence-electron chi connectivity index (χ0n) is 8.47. The first kappa shape index (κ1) is 10.8. The number of hydrogen-bond acceptors (Lipinski definition) is 1. The van der Waals surface area contributed by atoms with Crippen molar-refractivity contribution in [3.05, 3.63) is 35.4 Å². The third-order valence-corrected chi connectivity index (χ3v) is 4.07. The molecule has 0 bridgehead atoms. The van der Waals surface area contributed by atoms with Crippen LogP contribution in [0.5, 0.6) is 0 Å². The number of benzene rings is 1. The fourth-order valence-electron chi connectivity index (χ4n) is 1.72. The lowest BCUT2D eigenvalue weighted by Crippen LogP contribution is -2.57. The smallest absolute Gasteiger partial charge is 0.252 e. The van der Waals surface area contributed by atoms with Crippen LogP contribution < -0.4 is 5.32 Å². The quantitative estimate of drug-likeness (QED) is 0.698. The fourth-order valence-corrected chi connectivity index (χ4v) is 2.15. The summed E-state index contributed by atoms with van der Waals surface area (Å²) in [7, 11) is 0. The minimum absolute atomic E-state index is 0.132. The van der Waals surface area contributed by atoms with Crippen LogP contribution in [0, 0.1) is 0 Å². The predicted molar refractivity (Wildman–Crippen MR) is 61.4 cm³/mol. The number of carbonyl (C=O) groups excluding carboxylic acids is 1. The molecule has 1 aliphatic heterocycles. The molecule has 0 atom stereocenters. The first-order chi connectivity index (χ1) is 6.86. The summed E-state index contributed by atoms with van der Waals surface area (Å²) >= 11 is 12.6. The second-order valence-electron chi connectivity index (χ2n) is 4.20. The summed E-state index contributed by atoms with van der Waals surface area (Å²) in [6.07, 6.45) is 0. The van der Waals surface area contributed by atoms with Crippen molar-refractivity contribution in [2.45, 2.75) is 23.7 Å². The summed E-state index contributed by atoms with van der Waals surface area (Å²) in [6.45, 7) is 3.61. The lowest BCUT2D eigenvalue weighted by molar-refractivity contribution is 0.0885. The molecular weight excluding hydrogens is 233 g/mol. The van der Waals surface area contributed by atoms with E-state index in [2.05, 4.69) is 5.32 Å². The summed E-state index contributed by atoms with van der Waals surface area (Å²) in [5.41, 5.74) is 0.533. The van der Waals surface area contributed by atoms with E-state index in [-0.39, 0.29) is 5.91 Å². The number of halogens is 2. The van der Waals surface area contributed by atoms with Crippen LogP contribution >= 0.6 is 23.2 Å². The van der Waals surface area contributed by atoms with E-state index in [1.165, 1.54) is 0 Å². The molecule has 0 fully saturated rings. The zero-order valence-corrected chi connectivity index (χ0v) is 9.99. The number of nitrogens with one attached hydrogen (secondary N) is 1. The van der Waals surface area contributed by atoms with Gasteiger partial charge >= 0.3 is 0 Å². The van der Waals surface area contributed by atoms with E-state index in [1.807, 2.05) is 6.07 Å². The Balaban J connectivity index is 2.68. The van der Waals surface area contributed by atoms with Crippen LogP contribution in [0.15, 0.2) is 24.3 Å². The molecule has 80 valence electrons. The number of fused-ring (bicyclic) bond motifs is 1. The average molecular weight is 244 g/mol. The minimum Gasteiger partial charge on any atom is -0.344 e. The number of hydrogen-bond donors (Lipinski definition) is 1. The average Bonchev–Trinajstić information content (AvgIpc) is 2.15. The molecule has 0 saturated heterocycles. The Labute approximate surface area is 98.6 Å². The van der Waals surface area contributed by atoms with Gasteiger partial charge in [0.2, 0.25) is 0 Å². The molecule has 0 radical (unpaired) electrons. The molecule has 1 aromatic carbocycles. The van der Waals surface area contributed by atoms with Crippen LogP contribution in [0.25, 0.3) is 0 Å². The van der Waals surface area contributed by atoms with E-state index < -0.39 is 9.87 Å². The van der Waals surface area contributed by atoms with Crippen molar-refractivity contribution >= 4 is 29.1 Å². The van der Waals surface area contributed by atoms with Gasteiger partial charge < -0.3 is 5.32 Å². The van der Waals surface area contributed by atoms with Gasteiger partial charge in [0.1, 0.15) is 0 Å². The second-order valence-corrected chi connectivity index (χ2v) is 5.53. The van der Waals surface area contributed by atoms with Gasteiger partial charge in [0.05, 0.1) is 5.54 Å². The number of carbonyl (C=O) groups is 1. The van der Waals surface area contributed by atoms with E-state index in [0.717, 1.165) is 0 Å². The van der Waals surface area contributed by atoms with E-state index in [1.54, 1.807) is 32.0 Å². The van der Waals surface area contributed by atoms with Gasteiger partial charge in [0.15, 0.2) is 4.33 Å². The van der Waals surface area contributed by atoms with Crippen molar-refractivity contribution in [1.29, 1.82) is 0 Å². The van der Waals surface area contributed by atoms with Crippen molar-refractivity contribution < 1.29 is 4.79 Å². The summed E-state index contributed by atoms with van der Waals surface area (Å²) in [4.78, 5) is 11.8. The van der Waals surface area contributed by atoms with Crippen molar-refractivity contribution in [3.8, 4) is 0 Å². The first-order valence-corrected chi connectivity index (χ1v) is 5.42. The lowest BCUT2D eigenvalue weighted by atomic mass is 9.86. The van der Waals surface area contributed by atoms with Crippen LogP contribution in [-0.4, -0.2) is 11.4 Å². The molecule has 1 amide bonds. The predicted octanol–water partition coefficient (Wildman–Crippen LogP) is 2.84. The highest BCUT2D eigenvalue weighted by atomic mass is 35.5. The molecule has 1 aromatic rings. The fraction of sp³-hybridized carbons (Fsp3) is 0.364. The van der Waals surface area contributed by atoms with E-state index in [9.17, 15) is 4.79 Å². The maximum absolute atomic E-state index is 11.8. The van der Waals surface area contributed by atoms with Crippen LogP contribution in [-0.2, 0) is 4.33 Å². The van der Waals surface area contributed by atoms with Crippen molar-refractivity contribution in [2.24, 2.45) is 0 Å². The van der Waals surface area contributed by atoms with Crippen molar-refractivity contribution in [3.63, 3.8) is 0 Å². The highest BCUT2D eigenvalue weighted by Gasteiger charge is 2.49. The summed E-state index contributed by atoms with van der Waals surface area (Å²) < 4.78 is -1.10. The lowest BCUT2D eigenvalue weighted by Gasteiger charge is -2.42. The standard InChI is InChI=1S/C11H11Cl2NO/c1-10(2)11(12,13)8-6-4-3-5-7(8)9(15)14-10/h3-6H,1-2H3,(H,14,15). The van der Waals surface area contributed by atoms with Crippen molar-refractivity contribution in [1.82, 2.24) is 5.32 Å². The Bertz CT molecular complexity index is 426. The molecule has 1 heterocycles. The minimum atomic E-state index is -1.10. The monoisotopic (exact) mass is 243 g/mol. The van der Waals surface area contributed by atoms with Gasteiger partial charge in [-0.1, -0.05) is 41.4 Å². The molecule has 2 rings (SSSR count). The summed E-state index contributed by atoms with van der Waals surface area (Å²) in [5, 5.41) is 2.80. The van der Waals surface area contributed by atoms with Crippen LogP contribution in [0.3, 0.4) is 0 Å². The molecule has 0 unspecified atom stereocenters. The zero-order chi connectivity index (χ0) is 11.3. The maximum atomic E-state index is 11.8. The Hall–Kier alpha value is -0.730. The molecule has 0 aromatic heterocycles. The molecule has 0 saturated carbocycles. The molecule has 2 nitrogen and oxygen atoms in total. The Morgan fingerprint density at radius 2 is 1.80 bits per heavy atom. The molecule has 15 heavy (non-hydrogen) atoms. The third-order valence-electron chi connectivity index (χ3n) is 2.72. The molecule has 0 spiro atoms. The van der Waals surface area contributed by atoms with E-state index in [0.29, 0.717) is 11.1 Å².